The van der Waals surface area contributed by atoms with Gasteiger partial charge in [-0.15, -0.1) is 11.3 Å². The molecule has 0 saturated carbocycles. The predicted octanol–water partition coefficient (Wildman–Crippen LogP) is 11.4. The Bertz CT molecular complexity index is 2480. The van der Waals surface area contributed by atoms with E-state index in [0.717, 1.165) is 5.52 Å². The second-order valence-electron chi connectivity index (χ2n) is 10.7. The molecule has 190 valence electrons. The highest BCUT2D eigenvalue weighted by molar-refractivity contribution is 7.25. The Morgan fingerprint density at radius 2 is 1.10 bits per heavy atom. The van der Waals surface area contributed by atoms with Crippen LogP contribution in [0.25, 0.3) is 85.6 Å². The summed E-state index contributed by atoms with van der Waals surface area (Å²) < 4.78 is 2.65. The third-order valence-electron chi connectivity index (χ3n) is 8.48. The zero-order valence-corrected chi connectivity index (χ0v) is 23.0. The van der Waals surface area contributed by atoms with E-state index in [-0.39, 0.29) is 0 Å². The molecule has 9 rings (SSSR count). The van der Waals surface area contributed by atoms with Gasteiger partial charge in [0.05, 0.1) is 5.52 Å². The van der Waals surface area contributed by atoms with Gasteiger partial charge in [-0.2, -0.15) is 0 Å². The van der Waals surface area contributed by atoms with E-state index in [9.17, 15) is 0 Å². The fraction of sp³-hybridized carbons (Fsp3) is 0. The smallest absolute Gasteiger partial charge is 0.0708 e. The van der Waals surface area contributed by atoms with Crippen LogP contribution in [0.3, 0.4) is 0 Å². The standard InChI is InChI=1S/C39H23NS/c1-2-12-26-24(10-1)11-9-17-28(26)38-30-15-4-3-14-29(30)37(33-23-40-34-18-7-5-16-31(34)39(33)38)25-20-21-36-32(22-25)27-13-6-8-19-35(27)41-36/h1-23H. The molecule has 0 fully saturated rings. The lowest BCUT2D eigenvalue weighted by molar-refractivity contribution is 1.45. The molecule has 0 aliphatic heterocycles. The number of aromatic nitrogens is 1. The van der Waals surface area contributed by atoms with E-state index in [4.69, 9.17) is 4.98 Å². The van der Waals surface area contributed by atoms with Crippen molar-refractivity contribution in [1.82, 2.24) is 4.98 Å². The van der Waals surface area contributed by atoms with E-state index in [2.05, 4.69) is 140 Å². The molecule has 0 bridgehead atoms. The average molecular weight is 538 g/mol. The summed E-state index contributed by atoms with van der Waals surface area (Å²) in [6.45, 7) is 0. The van der Waals surface area contributed by atoms with Crippen LogP contribution in [0.2, 0.25) is 0 Å². The average Bonchev–Trinajstić information content (AvgIpc) is 3.41. The number of fused-ring (bicyclic) bond motifs is 8. The molecule has 0 amide bonds. The van der Waals surface area contributed by atoms with Crippen LogP contribution in [-0.4, -0.2) is 4.98 Å². The first-order valence-corrected chi connectivity index (χ1v) is 14.8. The van der Waals surface area contributed by atoms with E-state index in [1.807, 2.05) is 11.3 Å². The van der Waals surface area contributed by atoms with Crippen molar-refractivity contribution in [3.05, 3.63) is 140 Å². The zero-order chi connectivity index (χ0) is 26.9. The Balaban J connectivity index is 1.50. The van der Waals surface area contributed by atoms with Gasteiger partial charge in [-0.25, -0.2) is 0 Å². The van der Waals surface area contributed by atoms with Gasteiger partial charge in [0.15, 0.2) is 0 Å². The second-order valence-corrected chi connectivity index (χ2v) is 11.8. The maximum atomic E-state index is 5.00. The van der Waals surface area contributed by atoms with Gasteiger partial charge in [0, 0.05) is 42.5 Å². The number of hydrogen-bond acceptors (Lipinski definition) is 2. The van der Waals surface area contributed by atoms with Crippen molar-refractivity contribution in [1.29, 1.82) is 0 Å². The first-order chi connectivity index (χ1) is 20.3. The summed E-state index contributed by atoms with van der Waals surface area (Å²) in [4.78, 5) is 5.00. The molecule has 2 heterocycles. The van der Waals surface area contributed by atoms with Crippen molar-refractivity contribution in [2.45, 2.75) is 0 Å². The van der Waals surface area contributed by atoms with Gasteiger partial charge < -0.3 is 0 Å². The summed E-state index contributed by atoms with van der Waals surface area (Å²) >= 11 is 1.86. The number of rotatable bonds is 2. The highest BCUT2D eigenvalue weighted by Crippen LogP contribution is 2.48. The highest BCUT2D eigenvalue weighted by atomic mass is 32.1. The lowest BCUT2D eigenvalue weighted by atomic mass is 9.84. The van der Waals surface area contributed by atoms with Crippen molar-refractivity contribution in [2.75, 3.05) is 0 Å². The third-order valence-corrected chi connectivity index (χ3v) is 9.64. The predicted molar refractivity (Wildman–Crippen MR) is 178 cm³/mol. The molecule has 7 aromatic carbocycles. The third kappa shape index (κ3) is 3.32. The molecule has 2 heteroatoms. The number of thiophene rings is 1. The molecular formula is C39H23NS. The van der Waals surface area contributed by atoms with E-state index < -0.39 is 0 Å². The van der Waals surface area contributed by atoms with Crippen molar-refractivity contribution in [3.63, 3.8) is 0 Å². The molecule has 0 atom stereocenters. The SMILES string of the molecule is c1ccc2c(-c3c4ccccc4c(-c4ccc5sc6ccccc6c5c4)c4cnc5ccccc5c34)cccc2c1. The monoisotopic (exact) mass is 537 g/mol. The molecule has 0 aliphatic rings. The van der Waals surface area contributed by atoms with E-state index in [1.54, 1.807) is 0 Å². The Labute approximate surface area is 240 Å². The fourth-order valence-corrected chi connectivity index (χ4v) is 7.80. The second kappa shape index (κ2) is 8.72. The van der Waals surface area contributed by atoms with Crippen molar-refractivity contribution >= 4 is 74.7 Å². The van der Waals surface area contributed by atoms with Crippen LogP contribution in [0.15, 0.2) is 140 Å². The number of nitrogens with zero attached hydrogens (tertiary/aromatic N) is 1. The summed E-state index contributed by atoms with van der Waals surface area (Å²) in [5.74, 6) is 0. The topological polar surface area (TPSA) is 12.9 Å². The molecule has 9 aromatic rings. The molecular weight excluding hydrogens is 515 g/mol. The highest BCUT2D eigenvalue weighted by Gasteiger charge is 2.20. The van der Waals surface area contributed by atoms with Crippen LogP contribution in [0.5, 0.6) is 0 Å². The molecule has 0 unspecified atom stereocenters. The van der Waals surface area contributed by atoms with Crippen LogP contribution in [0.1, 0.15) is 0 Å². The molecule has 1 nitrogen and oxygen atoms in total. The van der Waals surface area contributed by atoms with Gasteiger partial charge in [0.25, 0.3) is 0 Å². The number of benzene rings is 7. The minimum atomic E-state index is 1.02. The minimum absolute atomic E-state index is 1.02. The van der Waals surface area contributed by atoms with E-state index in [0.29, 0.717) is 0 Å². The largest absolute Gasteiger partial charge is 0.256 e. The maximum Gasteiger partial charge on any atom is 0.0708 e. The summed E-state index contributed by atoms with van der Waals surface area (Å²) in [6, 6.07) is 48.6. The molecule has 41 heavy (non-hydrogen) atoms. The van der Waals surface area contributed by atoms with E-state index in [1.165, 1.54) is 80.1 Å². The van der Waals surface area contributed by atoms with Crippen molar-refractivity contribution in [3.8, 4) is 22.3 Å². The lowest BCUT2D eigenvalue weighted by Crippen LogP contribution is -1.94. The van der Waals surface area contributed by atoms with Gasteiger partial charge in [-0.3, -0.25) is 4.98 Å². The van der Waals surface area contributed by atoms with Crippen molar-refractivity contribution in [2.24, 2.45) is 0 Å². The minimum Gasteiger partial charge on any atom is -0.256 e. The first-order valence-electron chi connectivity index (χ1n) is 14.0. The van der Waals surface area contributed by atoms with E-state index >= 15 is 0 Å². The first kappa shape index (κ1) is 22.7. The Hall–Kier alpha value is -5.05. The Morgan fingerprint density at radius 3 is 1.98 bits per heavy atom. The number of para-hydroxylation sites is 1. The van der Waals surface area contributed by atoms with Crippen LogP contribution >= 0.6 is 11.3 Å². The van der Waals surface area contributed by atoms with Gasteiger partial charge in [-0.1, -0.05) is 109 Å². The Morgan fingerprint density at radius 1 is 0.439 bits per heavy atom. The summed E-state index contributed by atoms with van der Waals surface area (Å²) in [6.07, 6.45) is 2.10. The van der Waals surface area contributed by atoms with Gasteiger partial charge >= 0.3 is 0 Å². The summed E-state index contributed by atoms with van der Waals surface area (Å²) in [5, 5.41) is 11.3. The molecule has 2 aromatic heterocycles. The molecule has 0 N–H and O–H groups in total. The van der Waals surface area contributed by atoms with Crippen LogP contribution in [0.4, 0.5) is 0 Å². The molecule has 0 aliphatic carbocycles. The molecule has 0 spiro atoms. The van der Waals surface area contributed by atoms with Crippen LogP contribution in [-0.2, 0) is 0 Å². The van der Waals surface area contributed by atoms with Gasteiger partial charge in [0.1, 0.15) is 0 Å². The van der Waals surface area contributed by atoms with Crippen LogP contribution < -0.4 is 0 Å². The van der Waals surface area contributed by atoms with Crippen LogP contribution in [0, 0.1) is 0 Å². The van der Waals surface area contributed by atoms with Gasteiger partial charge in [-0.05, 0) is 68.1 Å². The molecule has 0 radical (unpaired) electrons. The number of hydrogen-bond donors (Lipinski definition) is 0. The van der Waals surface area contributed by atoms with Gasteiger partial charge in [0.2, 0.25) is 0 Å². The lowest BCUT2D eigenvalue weighted by Gasteiger charge is -2.20. The zero-order valence-electron chi connectivity index (χ0n) is 22.1. The summed E-state index contributed by atoms with van der Waals surface area (Å²) in [7, 11) is 0. The Kier molecular flexibility index (Phi) is 4.84. The fourth-order valence-electron chi connectivity index (χ4n) is 6.71. The summed E-state index contributed by atoms with van der Waals surface area (Å²) in [5.41, 5.74) is 6.02. The maximum absolute atomic E-state index is 5.00. The normalized spacial score (nSPS) is 11.9. The molecule has 0 saturated heterocycles. The quantitative estimate of drug-likeness (QED) is 0.158. The number of pyridine rings is 1. The van der Waals surface area contributed by atoms with Crippen molar-refractivity contribution < 1.29 is 0 Å².